The second kappa shape index (κ2) is 13.0. The number of nitrogens with one attached hydrogen (secondary N) is 1. The summed E-state index contributed by atoms with van der Waals surface area (Å²) >= 11 is 0. The fourth-order valence-corrected chi connectivity index (χ4v) is 3.36. The van der Waals surface area contributed by atoms with Crippen molar-refractivity contribution in [1.29, 1.82) is 0 Å². The number of hydrogen-bond donors (Lipinski definition) is 2. The molecule has 0 aliphatic carbocycles. The fraction of sp³-hybridized carbons (Fsp3) is 0.308. The van der Waals surface area contributed by atoms with Gasteiger partial charge in [-0.05, 0) is 68.1 Å². The van der Waals surface area contributed by atoms with Gasteiger partial charge < -0.3 is 14.8 Å². The minimum atomic E-state index is -0.858. The second-order valence-corrected chi connectivity index (χ2v) is 7.99. The third-order valence-electron chi connectivity index (χ3n) is 5.23. The highest BCUT2D eigenvalue weighted by molar-refractivity contribution is 5.93. The molecule has 0 bridgehead atoms. The second-order valence-electron chi connectivity index (χ2n) is 7.99. The lowest BCUT2D eigenvalue weighted by Crippen LogP contribution is -2.22. The first kappa shape index (κ1) is 26.4. The zero-order valence-electron chi connectivity index (χ0n) is 20.2. The number of carboxylic acids is 1. The lowest BCUT2D eigenvalue weighted by Gasteiger charge is -2.08. The molecule has 3 aromatic rings. The van der Waals surface area contributed by atoms with Crippen LogP contribution in [0.5, 0.6) is 0 Å². The van der Waals surface area contributed by atoms with E-state index in [0.29, 0.717) is 65.7 Å². The average Bonchev–Trinajstić information content (AvgIpc) is 3.28. The van der Waals surface area contributed by atoms with Crippen molar-refractivity contribution in [2.75, 3.05) is 0 Å². The van der Waals surface area contributed by atoms with Gasteiger partial charge in [0.25, 0.3) is 5.91 Å². The summed E-state index contributed by atoms with van der Waals surface area (Å²) in [6, 6.07) is 11.0. The van der Waals surface area contributed by atoms with E-state index in [1.165, 1.54) is 18.3 Å². The Labute approximate surface area is 208 Å². The average molecular weight is 494 g/mol. The number of benzene rings is 1. The lowest BCUT2D eigenvalue weighted by atomic mass is 10.0. The van der Waals surface area contributed by atoms with Crippen LogP contribution in [-0.2, 0) is 24.2 Å². The number of hydrogen-bond acceptors (Lipinski definition) is 7. The van der Waals surface area contributed by atoms with Gasteiger partial charge >= 0.3 is 5.97 Å². The van der Waals surface area contributed by atoms with E-state index in [4.69, 9.17) is 14.5 Å². The van der Waals surface area contributed by atoms with Gasteiger partial charge in [-0.2, -0.15) is 0 Å². The maximum absolute atomic E-state index is 13.6. The molecule has 0 atom stereocenters. The molecule has 1 amide bonds. The molecule has 3 rings (SSSR count). The monoisotopic (exact) mass is 493 g/mol. The van der Waals surface area contributed by atoms with Crippen LogP contribution in [0, 0.1) is 12.7 Å². The molecule has 188 valence electrons. The van der Waals surface area contributed by atoms with Gasteiger partial charge in [0, 0.05) is 36.4 Å². The molecule has 2 heterocycles. The maximum atomic E-state index is 13.6. The molecule has 0 radical (unpaired) electrons. The van der Waals surface area contributed by atoms with Crippen molar-refractivity contribution in [3.05, 3.63) is 83.2 Å². The molecule has 0 fully saturated rings. The molecule has 1 aromatic carbocycles. The zero-order chi connectivity index (χ0) is 25.9. The minimum absolute atomic E-state index is 0.0544. The van der Waals surface area contributed by atoms with Gasteiger partial charge in [0.15, 0.2) is 0 Å². The molecule has 2 N–H and O–H groups in total. The number of aromatic nitrogens is 4. The summed E-state index contributed by atoms with van der Waals surface area (Å²) in [6.45, 7) is 3.69. The van der Waals surface area contributed by atoms with E-state index in [-0.39, 0.29) is 24.7 Å². The van der Waals surface area contributed by atoms with Crippen LogP contribution >= 0.6 is 0 Å². The number of aryl methyl sites for hydroxylation is 3. The summed E-state index contributed by atoms with van der Waals surface area (Å²) in [5, 5.41) is 19.3. The molecule has 0 unspecified atom stereocenters. The SMILES string of the molecule is CCc1ccc(C(=O)NCc2nnc(C)o2)ccnc(CCCCC(=O)O)c(-c2ccc(F)cc2)n1. The topological polar surface area (TPSA) is 131 Å². The molecule has 10 heteroatoms. The number of carbonyl (C=O) groups is 2. The molecule has 0 saturated heterocycles. The predicted molar refractivity (Wildman–Crippen MR) is 130 cm³/mol. The number of carboxylic acid groups (broad SMARTS) is 1. The van der Waals surface area contributed by atoms with Crippen molar-refractivity contribution in [1.82, 2.24) is 25.5 Å². The third-order valence-corrected chi connectivity index (χ3v) is 5.23. The number of aliphatic carboxylic acids is 1. The Morgan fingerprint density at radius 2 is 1.83 bits per heavy atom. The molecule has 9 nitrogen and oxygen atoms in total. The number of nitrogens with zero attached hydrogens (tertiary/aromatic N) is 4. The number of rotatable bonds is 10. The summed E-state index contributed by atoms with van der Waals surface area (Å²) in [5.41, 5.74) is 2.94. The van der Waals surface area contributed by atoms with Gasteiger partial charge in [-0.15, -0.1) is 10.2 Å². The molecule has 0 spiro atoms. The number of halogens is 1. The lowest BCUT2D eigenvalue weighted by molar-refractivity contribution is -0.137. The first-order valence-electron chi connectivity index (χ1n) is 11.6. The Hall–Kier alpha value is -4.21. The van der Waals surface area contributed by atoms with Crippen molar-refractivity contribution < 1.29 is 23.5 Å². The van der Waals surface area contributed by atoms with Crippen molar-refractivity contribution in [3.63, 3.8) is 0 Å². The molecule has 0 aliphatic rings. The van der Waals surface area contributed by atoms with Gasteiger partial charge in [0.05, 0.1) is 17.9 Å². The molecular weight excluding hydrogens is 465 g/mol. The van der Waals surface area contributed by atoms with Gasteiger partial charge in [0.2, 0.25) is 11.8 Å². The van der Waals surface area contributed by atoms with Gasteiger partial charge in [-0.1, -0.05) is 6.92 Å². The van der Waals surface area contributed by atoms with E-state index in [9.17, 15) is 14.0 Å². The molecule has 0 aliphatic heterocycles. The van der Waals surface area contributed by atoms with Gasteiger partial charge in [-0.3, -0.25) is 19.6 Å². The van der Waals surface area contributed by atoms with E-state index >= 15 is 0 Å². The van der Waals surface area contributed by atoms with E-state index < -0.39 is 5.97 Å². The summed E-state index contributed by atoms with van der Waals surface area (Å²) < 4.78 is 18.9. The first-order valence-corrected chi connectivity index (χ1v) is 11.6. The van der Waals surface area contributed by atoms with Gasteiger partial charge in [-0.25, -0.2) is 4.39 Å². The van der Waals surface area contributed by atoms with Crippen LogP contribution in [-0.4, -0.2) is 37.1 Å². The smallest absolute Gasteiger partial charge is 0.303 e. The molecular formula is C26H28FN5O4. The van der Waals surface area contributed by atoms with Crippen molar-refractivity contribution in [2.24, 2.45) is 0 Å². The van der Waals surface area contributed by atoms with Crippen LogP contribution in [0.2, 0.25) is 0 Å². The number of unbranched alkanes of at least 4 members (excludes halogenated alkanes) is 1. The predicted octanol–water partition coefficient (Wildman–Crippen LogP) is 4.39. The van der Waals surface area contributed by atoms with Crippen LogP contribution in [0.3, 0.4) is 0 Å². The Kier molecular flexibility index (Phi) is 9.56. The zero-order valence-corrected chi connectivity index (χ0v) is 20.2. The Morgan fingerprint density at radius 3 is 2.50 bits per heavy atom. The van der Waals surface area contributed by atoms with E-state index in [0.717, 1.165) is 0 Å². The summed E-state index contributed by atoms with van der Waals surface area (Å²) in [5.74, 6) is -0.865. The van der Waals surface area contributed by atoms with Crippen molar-refractivity contribution in [2.45, 2.75) is 52.5 Å². The highest BCUT2D eigenvalue weighted by atomic mass is 19.1. The summed E-state index contributed by atoms with van der Waals surface area (Å²) in [6.07, 6.45) is 3.67. The van der Waals surface area contributed by atoms with Crippen molar-refractivity contribution >= 4 is 11.9 Å². The largest absolute Gasteiger partial charge is 0.481 e. The van der Waals surface area contributed by atoms with Crippen LogP contribution < -0.4 is 5.32 Å². The maximum Gasteiger partial charge on any atom is 0.303 e. The molecule has 36 heavy (non-hydrogen) atoms. The number of carbonyl (C=O) groups excluding carboxylic acids is 1. The Morgan fingerprint density at radius 1 is 1.06 bits per heavy atom. The highest BCUT2D eigenvalue weighted by Crippen LogP contribution is 2.22. The standard InChI is InChI=1S/C26H28FN5O4/c1-3-21-13-10-19(26(35)29-16-23-32-31-17(2)36-23)14-15-28-22(6-4-5-7-24(33)34)25(30-21)18-8-11-20(27)12-9-18/h8-15H,3-7,16H2,1-2H3,(H,29,35)(H,33,34). The Bertz CT molecular complexity index is 1260. The van der Waals surface area contributed by atoms with Crippen LogP contribution in [0.4, 0.5) is 4.39 Å². The van der Waals surface area contributed by atoms with Crippen LogP contribution in [0.15, 0.2) is 53.1 Å². The van der Waals surface area contributed by atoms with Crippen LogP contribution in [0.1, 0.15) is 59.7 Å². The van der Waals surface area contributed by atoms with Crippen molar-refractivity contribution in [3.8, 4) is 11.3 Å². The molecule has 0 saturated carbocycles. The van der Waals surface area contributed by atoms with Crippen LogP contribution in [0.25, 0.3) is 11.3 Å². The third kappa shape index (κ3) is 7.93. The van der Waals surface area contributed by atoms with E-state index in [1.54, 1.807) is 37.3 Å². The summed E-state index contributed by atoms with van der Waals surface area (Å²) in [4.78, 5) is 33.1. The first-order chi connectivity index (χ1) is 17.4. The minimum Gasteiger partial charge on any atom is -0.481 e. The fourth-order valence-electron chi connectivity index (χ4n) is 3.36. The quantitative estimate of drug-likeness (QED) is 0.398. The number of amides is 1. The highest BCUT2D eigenvalue weighted by Gasteiger charge is 2.11. The molecule has 2 aromatic heterocycles. The normalized spacial score (nSPS) is 10.5. The van der Waals surface area contributed by atoms with Gasteiger partial charge in [0.1, 0.15) is 5.82 Å². The van der Waals surface area contributed by atoms with E-state index in [2.05, 4.69) is 20.5 Å². The Balaban J connectivity index is 1.99. The van der Waals surface area contributed by atoms with E-state index in [1.807, 2.05) is 6.92 Å². The summed E-state index contributed by atoms with van der Waals surface area (Å²) in [7, 11) is 0.